The standard InChI is InChI=1S/C21H25N3O2/c1-4-5-6-11-19(25)23-21-20(16-9-7-8-10-17(16)26-3)22-18-14-15(2)12-13-24(18)21/h7-10,12-14H,4-6,11H2,1-3H3,(H,23,25). The first-order valence-electron chi connectivity index (χ1n) is 9.06. The molecule has 1 N–H and O–H groups in total. The third-order valence-corrected chi connectivity index (χ3v) is 4.41. The Morgan fingerprint density at radius 3 is 2.81 bits per heavy atom. The Hall–Kier alpha value is -2.82. The second kappa shape index (κ2) is 8.04. The summed E-state index contributed by atoms with van der Waals surface area (Å²) in [6.07, 6.45) is 5.49. The zero-order chi connectivity index (χ0) is 18.5. The number of aromatic nitrogens is 2. The van der Waals surface area contributed by atoms with Gasteiger partial charge in [-0.3, -0.25) is 9.20 Å². The van der Waals surface area contributed by atoms with E-state index >= 15 is 0 Å². The van der Waals surface area contributed by atoms with Crippen LogP contribution in [-0.2, 0) is 4.79 Å². The van der Waals surface area contributed by atoms with Gasteiger partial charge in [0.2, 0.25) is 5.91 Å². The summed E-state index contributed by atoms with van der Waals surface area (Å²) in [5.41, 5.74) is 3.50. The molecule has 0 fully saturated rings. The van der Waals surface area contributed by atoms with Crippen molar-refractivity contribution < 1.29 is 9.53 Å². The highest BCUT2D eigenvalue weighted by atomic mass is 16.5. The first-order valence-corrected chi connectivity index (χ1v) is 9.06. The second-order valence-electron chi connectivity index (χ2n) is 6.45. The van der Waals surface area contributed by atoms with Crippen LogP contribution in [0.3, 0.4) is 0 Å². The Bertz CT molecular complexity index is 915. The Labute approximate surface area is 154 Å². The van der Waals surface area contributed by atoms with E-state index in [9.17, 15) is 4.79 Å². The van der Waals surface area contributed by atoms with Crippen LogP contribution >= 0.6 is 0 Å². The monoisotopic (exact) mass is 351 g/mol. The zero-order valence-electron chi connectivity index (χ0n) is 15.6. The van der Waals surface area contributed by atoms with Gasteiger partial charge >= 0.3 is 0 Å². The topological polar surface area (TPSA) is 55.6 Å². The summed E-state index contributed by atoms with van der Waals surface area (Å²) in [5.74, 6) is 1.43. The molecule has 5 nitrogen and oxygen atoms in total. The number of benzene rings is 1. The number of nitrogens with one attached hydrogen (secondary N) is 1. The molecule has 0 radical (unpaired) electrons. The summed E-state index contributed by atoms with van der Waals surface area (Å²) in [4.78, 5) is 17.2. The van der Waals surface area contributed by atoms with Gasteiger partial charge in [0.05, 0.1) is 7.11 Å². The Morgan fingerprint density at radius 1 is 1.23 bits per heavy atom. The fraction of sp³-hybridized carbons (Fsp3) is 0.333. The van der Waals surface area contributed by atoms with Crippen LogP contribution in [0.2, 0.25) is 0 Å². The number of unbranched alkanes of at least 4 members (excludes halogenated alkanes) is 2. The minimum atomic E-state index is 0.0111. The molecule has 0 unspecified atom stereocenters. The normalized spacial score (nSPS) is 10.9. The molecular formula is C21H25N3O2. The largest absolute Gasteiger partial charge is 0.496 e. The molecule has 0 aliphatic rings. The molecule has 0 bridgehead atoms. The SMILES string of the molecule is CCCCCC(=O)Nc1c(-c2ccccc2OC)nc2cc(C)ccn12. The molecule has 1 aromatic carbocycles. The average molecular weight is 351 g/mol. The number of methoxy groups -OCH3 is 1. The molecule has 0 saturated carbocycles. The Morgan fingerprint density at radius 2 is 2.04 bits per heavy atom. The molecule has 136 valence electrons. The fourth-order valence-electron chi connectivity index (χ4n) is 3.02. The lowest BCUT2D eigenvalue weighted by atomic mass is 10.1. The minimum Gasteiger partial charge on any atom is -0.496 e. The molecule has 2 heterocycles. The molecular weight excluding hydrogens is 326 g/mol. The van der Waals surface area contributed by atoms with Gasteiger partial charge in [0.25, 0.3) is 0 Å². The molecule has 3 rings (SSSR count). The quantitative estimate of drug-likeness (QED) is 0.620. The van der Waals surface area contributed by atoms with E-state index in [2.05, 4.69) is 12.2 Å². The Kier molecular flexibility index (Phi) is 5.56. The molecule has 0 saturated heterocycles. The highest BCUT2D eigenvalue weighted by Gasteiger charge is 2.19. The van der Waals surface area contributed by atoms with Gasteiger partial charge in [-0.1, -0.05) is 31.9 Å². The predicted molar refractivity (Wildman–Crippen MR) is 105 cm³/mol. The van der Waals surface area contributed by atoms with Crippen molar-refractivity contribution in [2.24, 2.45) is 0 Å². The summed E-state index contributed by atoms with van der Waals surface area (Å²) in [6, 6.07) is 11.7. The van der Waals surface area contributed by atoms with Crippen molar-refractivity contribution in [2.45, 2.75) is 39.5 Å². The van der Waals surface area contributed by atoms with Crippen LogP contribution in [0.4, 0.5) is 5.82 Å². The minimum absolute atomic E-state index is 0.0111. The van der Waals surface area contributed by atoms with Gasteiger partial charge in [0.15, 0.2) is 0 Å². The zero-order valence-corrected chi connectivity index (χ0v) is 15.6. The summed E-state index contributed by atoms with van der Waals surface area (Å²) < 4.78 is 7.42. The van der Waals surface area contributed by atoms with E-state index < -0.39 is 0 Å². The number of amides is 1. The van der Waals surface area contributed by atoms with Crippen molar-refractivity contribution in [1.82, 2.24) is 9.38 Å². The molecule has 0 aliphatic heterocycles. The second-order valence-corrected chi connectivity index (χ2v) is 6.45. The van der Waals surface area contributed by atoms with Crippen LogP contribution in [-0.4, -0.2) is 22.4 Å². The smallest absolute Gasteiger partial charge is 0.225 e. The highest BCUT2D eigenvalue weighted by Crippen LogP contribution is 2.35. The number of anilines is 1. The van der Waals surface area contributed by atoms with Gasteiger partial charge < -0.3 is 10.1 Å². The lowest BCUT2D eigenvalue weighted by Crippen LogP contribution is -2.13. The first kappa shape index (κ1) is 18.0. The third kappa shape index (κ3) is 3.72. The van der Waals surface area contributed by atoms with Crippen molar-refractivity contribution >= 4 is 17.4 Å². The maximum Gasteiger partial charge on any atom is 0.225 e. The number of rotatable bonds is 7. The van der Waals surface area contributed by atoms with Gasteiger partial charge in [-0.05, 0) is 43.2 Å². The number of ether oxygens (including phenoxy) is 1. The van der Waals surface area contributed by atoms with Gasteiger partial charge in [-0.15, -0.1) is 0 Å². The predicted octanol–water partition coefficient (Wildman–Crippen LogP) is 4.84. The van der Waals surface area contributed by atoms with Crippen LogP contribution in [0.1, 0.15) is 38.2 Å². The summed E-state index contributed by atoms with van der Waals surface area (Å²) in [6.45, 7) is 4.16. The number of para-hydroxylation sites is 1. The summed E-state index contributed by atoms with van der Waals surface area (Å²) in [5, 5.41) is 3.07. The Balaban J connectivity index is 2.05. The van der Waals surface area contributed by atoms with Gasteiger partial charge in [0, 0.05) is 18.2 Å². The number of carbonyl (C=O) groups is 1. The van der Waals surface area contributed by atoms with E-state index in [1.807, 2.05) is 53.9 Å². The molecule has 5 heteroatoms. The van der Waals surface area contributed by atoms with Gasteiger partial charge in [0.1, 0.15) is 22.9 Å². The first-order chi connectivity index (χ1) is 12.6. The van der Waals surface area contributed by atoms with E-state index in [-0.39, 0.29) is 5.91 Å². The van der Waals surface area contributed by atoms with Crippen LogP contribution in [0.25, 0.3) is 16.9 Å². The van der Waals surface area contributed by atoms with E-state index in [4.69, 9.17) is 9.72 Å². The number of hydrogen-bond acceptors (Lipinski definition) is 3. The van der Waals surface area contributed by atoms with Crippen molar-refractivity contribution in [1.29, 1.82) is 0 Å². The highest BCUT2D eigenvalue weighted by molar-refractivity contribution is 5.95. The maximum atomic E-state index is 12.5. The molecule has 0 aliphatic carbocycles. The van der Waals surface area contributed by atoms with Gasteiger partial charge in [-0.25, -0.2) is 4.98 Å². The van der Waals surface area contributed by atoms with Crippen molar-refractivity contribution in [3.05, 3.63) is 48.2 Å². The van der Waals surface area contributed by atoms with Crippen molar-refractivity contribution in [3.8, 4) is 17.0 Å². The van der Waals surface area contributed by atoms with E-state index in [1.165, 1.54) is 0 Å². The number of hydrogen-bond donors (Lipinski definition) is 1. The molecule has 1 amide bonds. The van der Waals surface area contributed by atoms with Crippen LogP contribution in [0, 0.1) is 6.92 Å². The van der Waals surface area contributed by atoms with E-state index in [1.54, 1.807) is 7.11 Å². The molecule has 0 spiro atoms. The molecule has 26 heavy (non-hydrogen) atoms. The number of imidazole rings is 1. The number of pyridine rings is 1. The number of carbonyl (C=O) groups excluding carboxylic acids is 1. The maximum absolute atomic E-state index is 12.5. The molecule has 0 atom stereocenters. The number of nitrogens with zero attached hydrogens (tertiary/aromatic N) is 2. The lowest BCUT2D eigenvalue weighted by Gasteiger charge is -2.10. The summed E-state index contributed by atoms with van der Waals surface area (Å²) in [7, 11) is 1.64. The fourth-order valence-corrected chi connectivity index (χ4v) is 3.02. The van der Waals surface area contributed by atoms with Crippen molar-refractivity contribution in [3.63, 3.8) is 0 Å². The average Bonchev–Trinajstić information content (AvgIpc) is 2.99. The van der Waals surface area contributed by atoms with E-state index in [0.717, 1.165) is 47.5 Å². The van der Waals surface area contributed by atoms with Crippen LogP contribution in [0.5, 0.6) is 5.75 Å². The summed E-state index contributed by atoms with van der Waals surface area (Å²) >= 11 is 0. The molecule has 3 aromatic rings. The van der Waals surface area contributed by atoms with Crippen molar-refractivity contribution in [2.75, 3.05) is 12.4 Å². The molecule has 2 aromatic heterocycles. The lowest BCUT2D eigenvalue weighted by molar-refractivity contribution is -0.116. The van der Waals surface area contributed by atoms with Crippen LogP contribution < -0.4 is 10.1 Å². The third-order valence-electron chi connectivity index (χ3n) is 4.41. The number of fused-ring (bicyclic) bond motifs is 1. The van der Waals surface area contributed by atoms with E-state index in [0.29, 0.717) is 12.2 Å². The van der Waals surface area contributed by atoms with Crippen LogP contribution in [0.15, 0.2) is 42.6 Å². The van der Waals surface area contributed by atoms with Gasteiger partial charge in [-0.2, -0.15) is 0 Å². The number of aryl methyl sites for hydroxylation is 1.